The van der Waals surface area contributed by atoms with Crippen LogP contribution in [-0.2, 0) is 0 Å². The lowest BCUT2D eigenvalue weighted by atomic mass is 10.3. The van der Waals surface area contributed by atoms with Gasteiger partial charge in [-0.05, 0) is 41.1 Å². The minimum absolute atomic E-state index is 0.0640. The highest BCUT2D eigenvalue weighted by Gasteiger charge is 2.18. The zero-order valence-corrected chi connectivity index (χ0v) is 10.5. The number of hydrogen-bond acceptors (Lipinski definition) is 3. The van der Waals surface area contributed by atoms with E-state index in [1.165, 1.54) is 13.0 Å². The minimum Gasteiger partial charge on any atom is -0.464 e. The summed E-state index contributed by atoms with van der Waals surface area (Å²) in [5.74, 6) is -0.0640. The Balaban J connectivity index is 3.22. The van der Waals surface area contributed by atoms with Crippen molar-refractivity contribution in [2.45, 2.75) is 6.92 Å². The maximum Gasteiger partial charge on any atom is 0.417 e. The highest BCUT2D eigenvalue weighted by molar-refractivity contribution is 9.10. The Hall–Kier alpha value is -1.27. The molecule has 0 saturated carbocycles. The Morgan fingerprint density at radius 2 is 2.19 bits per heavy atom. The maximum absolute atomic E-state index is 11.0. The molecule has 1 aromatic rings. The fourth-order valence-corrected chi connectivity index (χ4v) is 1.53. The van der Waals surface area contributed by atoms with Gasteiger partial charge in [0, 0.05) is 4.47 Å². The Bertz CT molecular complexity index is 450. The molecule has 1 aromatic carbocycles. The molecule has 0 aromatic heterocycles. The van der Waals surface area contributed by atoms with Gasteiger partial charge >= 0.3 is 6.09 Å². The number of anilines is 1. The predicted molar refractivity (Wildman–Crippen MR) is 64.6 cm³/mol. The quantitative estimate of drug-likeness (QED) is 0.361. The number of amides is 1. The van der Waals surface area contributed by atoms with Gasteiger partial charge in [0.15, 0.2) is 5.84 Å². The number of halogens is 2. The van der Waals surface area contributed by atoms with Crippen LogP contribution in [0.1, 0.15) is 6.92 Å². The van der Waals surface area contributed by atoms with E-state index in [4.69, 9.17) is 21.9 Å². The number of carboxylic acid groups (broad SMARTS) is 1. The van der Waals surface area contributed by atoms with E-state index in [0.717, 1.165) is 4.90 Å². The second-order valence-corrected chi connectivity index (χ2v) is 4.13. The third-order valence-corrected chi connectivity index (χ3v) is 3.05. The summed E-state index contributed by atoms with van der Waals surface area (Å²) in [5.41, 5.74) is 0.302. The second kappa shape index (κ2) is 5.18. The molecule has 0 fully saturated rings. The summed E-state index contributed by atoms with van der Waals surface area (Å²) < 4.78 is 0.654. The SMILES string of the molecule is CC(=NO)N(C(=O)O)c1ccc(Br)c(Cl)c1. The van der Waals surface area contributed by atoms with Gasteiger partial charge in [-0.3, -0.25) is 0 Å². The fourth-order valence-electron chi connectivity index (χ4n) is 1.10. The zero-order valence-electron chi connectivity index (χ0n) is 8.19. The average Bonchev–Trinajstić information content (AvgIpc) is 2.22. The van der Waals surface area contributed by atoms with Crippen molar-refractivity contribution in [3.8, 4) is 0 Å². The van der Waals surface area contributed by atoms with E-state index in [-0.39, 0.29) is 5.84 Å². The van der Waals surface area contributed by atoms with Crippen molar-refractivity contribution >= 4 is 45.1 Å². The summed E-state index contributed by atoms with van der Waals surface area (Å²) in [5, 5.41) is 20.8. The van der Waals surface area contributed by atoms with Gasteiger partial charge in [0.1, 0.15) is 0 Å². The van der Waals surface area contributed by atoms with E-state index in [1.54, 1.807) is 12.1 Å². The highest BCUT2D eigenvalue weighted by Crippen LogP contribution is 2.27. The summed E-state index contributed by atoms with van der Waals surface area (Å²) in [6.45, 7) is 1.37. The first-order valence-corrected chi connectivity index (χ1v) is 5.31. The standard InChI is InChI=1S/C9H8BrClN2O3/c1-5(12-16)13(9(14)15)6-2-3-7(10)8(11)4-6/h2-4,16H,1H3,(H,14,15). The number of rotatable bonds is 1. The monoisotopic (exact) mass is 306 g/mol. The van der Waals surface area contributed by atoms with Crippen LogP contribution < -0.4 is 4.90 Å². The normalized spacial score (nSPS) is 11.3. The number of nitrogens with zero attached hydrogens (tertiary/aromatic N) is 2. The summed E-state index contributed by atoms with van der Waals surface area (Å²) >= 11 is 9.03. The van der Waals surface area contributed by atoms with Gasteiger partial charge in [0.2, 0.25) is 0 Å². The molecule has 2 N–H and O–H groups in total. The van der Waals surface area contributed by atoms with Crippen LogP contribution in [0.5, 0.6) is 0 Å². The molecule has 0 radical (unpaired) electrons. The molecule has 0 aliphatic carbocycles. The number of benzene rings is 1. The molecule has 0 saturated heterocycles. The van der Waals surface area contributed by atoms with Gasteiger partial charge in [-0.25, -0.2) is 9.69 Å². The van der Waals surface area contributed by atoms with Gasteiger partial charge < -0.3 is 10.3 Å². The summed E-state index contributed by atoms with van der Waals surface area (Å²) in [7, 11) is 0. The first kappa shape index (κ1) is 12.8. The number of oxime groups is 1. The first-order valence-electron chi connectivity index (χ1n) is 4.14. The fraction of sp³-hybridized carbons (Fsp3) is 0.111. The molecule has 16 heavy (non-hydrogen) atoms. The van der Waals surface area contributed by atoms with Crippen LogP contribution in [-0.4, -0.2) is 22.2 Å². The maximum atomic E-state index is 11.0. The van der Waals surface area contributed by atoms with Crippen molar-refractivity contribution in [1.82, 2.24) is 0 Å². The molecule has 86 valence electrons. The van der Waals surface area contributed by atoms with E-state index in [9.17, 15) is 4.79 Å². The molecule has 5 nitrogen and oxygen atoms in total. The van der Waals surface area contributed by atoms with Gasteiger partial charge in [-0.15, -0.1) is 0 Å². The minimum atomic E-state index is -1.26. The average molecular weight is 308 g/mol. The van der Waals surface area contributed by atoms with E-state index < -0.39 is 6.09 Å². The molecule has 0 bridgehead atoms. The molecule has 1 rings (SSSR count). The van der Waals surface area contributed by atoms with Gasteiger partial charge in [-0.2, -0.15) is 0 Å². The van der Waals surface area contributed by atoms with Crippen LogP contribution in [0.2, 0.25) is 5.02 Å². The van der Waals surface area contributed by atoms with Crippen molar-refractivity contribution in [2.75, 3.05) is 4.90 Å². The molecular formula is C9H8BrClN2O3. The molecule has 0 aliphatic rings. The topological polar surface area (TPSA) is 73.1 Å². The molecule has 1 amide bonds. The predicted octanol–water partition coefficient (Wildman–Crippen LogP) is 3.39. The molecule has 0 aliphatic heterocycles. The van der Waals surface area contributed by atoms with Crippen molar-refractivity contribution in [1.29, 1.82) is 0 Å². The molecular weight excluding hydrogens is 299 g/mol. The summed E-state index contributed by atoms with van der Waals surface area (Å²) in [4.78, 5) is 11.8. The lowest BCUT2D eigenvalue weighted by Gasteiger charge is -2.17. The Morgan fingerprint density at radius 3 is 2.62 bits per heavy atom. The first-order chi connectivity index (χ1) is 7.47. The van der Waals surface area contributed by atoms with Crippen LogP contribution >= 0.6 is 27.5 Å². The van der Waals surface area contributed by atoms with Crippen molar-refractivity contribution in [3.63, 3.8) is 0 Å². The second-order valence-electron chi connectivity index (χ2n) is 2.86. The Labute approximate surface area is 105 Å². The highest BCUT2D eigenvalue weighted by atomic mass is 79.9. The molecule has 0 spiro atoms. The van der Waals surface area contributed by atoms with Crippen molar-refractivity contribution < 1.29 is 15.1 Å². The lowest BCUT2D eigenvalue weighted by Crippen LogP contribution is -2.33. The van der Waals surface area contributed by atoms with Crippen LogP contribution in [0.25, 0.3) is 0 Å². The van der Waals surface area contributed by atoms with Crippen LogP contribution in [0, 0.1) is 0 Å². The van der Waals surface area contributed by atoms with E-state index in [2.05, 4.69) is 21.1 Å². The zero-order chi connectivity index (χ0) is 12.3. The molecule has 7 heteroatoms. The van der Waals surface area contributed by atoms with Crippen LogP contribution in [0.15, 0.2) is 27.8 Å². The van der Waals surface area contributed by atoms with Crippen LogP contribution in [0.4, 0.5) is 10.5 Å². The Kier molecular flexibility index (Phi) is 4.14. The summed E-state index contributed by atoms with van der Waals surface area (Å²) in [6, 6.07) is 4.60. The largest absolute Gasteiger partial charge is 0.464 e. The third kappa shape index (κ3) is 2.65. The van der Waals surface area contributed by atoms with Gasteiger partial charge in [0.05, 0.1) is 10.7 Å². The van der Waals surface area contributed by atoms with Gasteiger partial charge in [0.25, 0.3) is 0 Å². The molecule has 0 atom stereocenters. The lowest BCUT2D eigenvalue weighted by molar-refractivity contribution is 0.205. The van der Waals surface area contributed by atoms with E-state index in [1.807, 2.05) is 0 Å². The van der Waals surface area contributed by atoms with E-state index >= 15 is 0 Å². The van der Waals surface area contributed by atoms with Crippen LogP contribution in [0.3, 0.4) is 0 Å². The van der Waals surface area contributed by atoms with E-state index in [0.29, 0.717) is 15.2 Å². The van der Waals surface area contributed by atoms with Crippen molar-refractivity contribution in [3.05, 3.63) is 27.7 Å². The Morgan fingerprint density at radius 1 is 1.56 bits per heavy atom. The van der Waals surface area contributed by atoms with Crippen molar-refractivity contribution in [2.24, 2.45) is 5.16 Å². The summed E-state index contributed by atoms with van der Waals surface area (Å²) in [6.07, 6.45) is -1.26. The third-order valence-electron chi connectivity index (χ3n) is 1.82. The number of amidine groups is 1. The van der Waals surface area contributed by atoms with Gasteiger partial charge in [-0.1, -0.05) is 16.8 Å². The number of hydrogen-bond donors (Lipinski definition) is 2. The molecule has 0 heterocycles. The molecule has 0 unspecified atom stereocenters. The number of carbonyl (C=O) groups is 1. The smallest absolute Gasteiger partial charge is 0.417 e.